The van der Waals surface area contributed by atoms with E-state index in [0.717, 1.165) is 53.7 Å². The highest BCUT2D eigenvalue weighted by Gasteiger charge is 2.21. The molecular weight excluding hydrogens is 495 g/mol. The molecule has 4 aromatic carbocycles. The molecule has 206 valence electrons. The molecule has 0 saturated heterocycles. The van der Waals surface area contributed by atoms with Crippen LogP contribution >= 0.6 is 0 Å². The third-order valence-corrected chi connectivity index (χ3v) is 7.69. The zero-order chi connectivity index (χ0) is 27.9. The van der Waals surface area contributed by atoms with Gasteiger partial charge in [0, 0.05) is 24.0 Å². The Kier molecular flexibility index (Phi) is 8.98. The van der Waals surface area contributed by atoms with Crippen molar-refractivity contribution in [1.29, 1.82) is 0 Å². The number of aryl methyl sites for hydroxylation is 1. The highest BCUT2D eigenvalue weighted by atomic mass is 19.1. The van der Waals surface area contributed by atoms with E-state index >= 15 is 4.39 Å². The third-order valence-electron chi connectivity index (χ3n) is 7.69. The lowest BCUT2D eigenvalue weighted by atomic mass is 9.93. The Morgan fingerprint density at radius 3 is 2.33 bits per heavy atom. The molecule has 0 aliphatic rings. The second-order valence-corrected chi connectivity index (χ2v) is 10.6. The molecule has 40 heavy (non-hydrogen) atoms. The van der Waals surface area contributed by atoms with Crippen molar-refractivity contribution in [2.24, 2.45) is 0 Å². The van der Waals surface area contributed by atoms with Gasteiger partial charge in [-0.2, -0.15) is 0 Å². The quantitative estimate of drug-likeness (QED) is 0.173. The van der Waals surface area contributed by atoms with Crippen molar-refractivity contribution in [1.82, 2.24) is 9.88 Å². The van der Waals surface area contributed by atoms with Crippen LogP contribution in [0, 0.1) is 12.7 Å². The summed E-state index contributed by atoms with van der Waals surface area (Å²) < 4.78 is 24.5. The molecule has 0 amide bonds. The first kappa shape index (κ1) is 27.7. The van der Waals surface area contributed by atoms with Crippen LogP contribution in [0.4, 0.5) is 4.39 Å². The Balaban J connectivity index is 1.50. The molecule has 0 bridgehead atoms. The molecule has 0 radical (unpaired) electrons. The Labute approximate surface area is 237 Å². The van der Waals surface area contributed by atoms with Gasteiger partial charge in [-0.15, -0.1) is 0 Å². The average Bonchev–Trinajstić information content (AvgIpc) is 3.25. The highest BCUT2D eigenvalue weighted by molar-refractivity contribution is 5.89. The van der Waals surface area contributed by atoms with E-state index in [1.807, 2.05) is 79.7 Å². The van der Waals surface area contributed by atoms with E-state index in [1.54, 1.807) is 0 Å². The maximum absolute atomic E-state index is 16.3. The highest BCUT2D eigenvalue weighted by Crippen LogP contribution is 2.36. The first-order chi connectivity index (χ1) is 19.6. The van der Waals surface area contributed by atoms with E-state index in [1.165, 1.54) is 5.56 Å². The number of fused-ring (bicyclic) bond motifs is 1. The van der Waals surface area contributed by atoms with E-state index in [0.29, 0.717) is 35.9 Å². The lowest BCUT2D eigenvalue weighted by Crippen LogP contribution is -2.21. The van der Waals surface area contributed by atoms with Crippen LogP contribution in [0.3, 0.4) is 0 Å². The molecule has 0 aliphatic carbocycles. The number of nitrogens with zero attached hydrogens (tertiary/aromatic N) is 1. The van der Waals surface area contributed by atoms with Gasteiger partial charge in [0.2, 0.25) is 0 Å². The van der Waals surface area contributed by atoms with Crippen LogP contribution in [0.15, 0.2) is 97.1 Å². The lowest BCUT2D eigenvalue weighted by molar-refractivity contribution is 0.306. The first-order valence-electron chi connectivity index (χ1n) is 14.4. The fourth-order valence-electron chi connectivity index (χ4n) is 5.52. The van der Waals surface area contributed by atoms with Crippen molar-refractivity contribution in [2.45, 2.75) is 52.7 Å². The summed E-state index contributed by atoms with van der Waals surface area (Å²) in [5, 5.41) is 4.08. The van der Waals surface area contributed by atoms with Gasteiger partial charge >= 0.3 is 0 Å². The van der Waals surface area contributed by atoms with Gasteiger partial charge in [0.15, 0.2) is 5.82 Å². The summed E-state index contributed by atoms with van der Waals surface area (Å²) in [6.07, 6.45) is 2.31. The van der Waals surface area contributed by atoms with E-state index < -0.39 is 0 Å². The smallest absolute Gasteiger partial charge is 0.156 e. The normalized spacial score (nSPS) is 12.1. The molecule has 0 fully saturated rings. The molecule has 1 heterocycles. The minimum absolute atomic E-state index is 0.209. The van der Waals surface area contributed by atoms with Crippen LogP contribution in [-0.4, -0.2) is 17.7 Å². The monoisotopic (exact) mass is 534 g/mol. The summed E-state index contributed by atoms with van der Waals surface area (Å²) in [7, 11) is 0. The van der Waals surface area contributed by atoms with E-state index in [4.69, 9.17) is 4.74 Å². The molecule has 1 N–H and O–H groups in total. The summed E-state index contributed by atoms with van der Waals surface area (Å²) in [6, 6.07) is 32.7. The fourth-order valence-corrected chi connectivity index (χ4v) is 5.52. The first-order valence-corrected chi connectivity index (χ1v) is 14.4. The molecule has 5 rings (SSSR count). The van der Waals surface area contributed by atoms with Crippen LogP contribution in [0.1, 0.15) is 54.9 Å². The predicted octanol–water partition coefficient (Wildman–Crippen LogP) is 8.88. The van der Waals surface area contributed by atoms with Crippen molar-refractivity contribution in [3.8, 4) is 17.0 Å². The molecule has 1 unspecified atom stereocenters. The number of hydrogen-bond acceptors (Lipinski definition) is 2. The number of ether oxygens (including phenoxy) is 1. The number of halogens is 1. The van der Waals surface area contributed by atoms with Crippen molar-refractivity contribution >= 4 is 10.9 Å². The Bertz CT molecular complexity index is 1540. The summed E-state index contributed by atoms with van der Waals surface area (Å²) in [4.78, 5) is 0. The number of nitrogens with one attached hydrogen (secondary N) is 1. The molecular formula is C36H39FN2O. The molecule has 0 saturated carbocycles. The Morgan fingerprint density at radius 1 is 0.850 bits per heavy atom. The van der Waals surface area contributed by atoms with E-state index in [9.17, 15) is 0 Å². The van der Waals surface area contributed by atoms with Crippen LogP contribution in [0.2, 0.25) is 0 Å². The zero-order valence-electron chi connectivity index (χ0n) is 23.8. The topological polar surface area (TPSA) is 26.2 Å². The number of rotatable bonds is 12. The van der Waals surface area contributed by atoms with Crippen molar-refractivity contribution < 1.29 is 9.13 Å². The summed E-state index contributed by atoms with van der Waals surface area (Å²) >= 11 is 0. The molecule has 1 atom stereocenters. The van der Waals surface area contributed by atoms with Crippen LogP contribution < -0.4 is 10.1 Å². The van der Waals surface area contributed by atoms with Crippen molar-refractivity contribution in [2.75, 3.05) is 13.1 Å². The predicted molar refractivity (Wildman–Crippen MR) is 165 cm³/mol. The van der Waals surface area contributed by atoms with Gasteiger partial charge in [0.25, 0.3) is 0 Å². The molecule has 5 aromatic rings. The SMILES string of the molecule is CCCC(CNCC)c1ccc(Cn2c(-c3ccccc3C)c(F)c3cc(OCc4ccccc4)ccc32)cc1. The van der Waals surface area contributed by atoms with Gasteiger partial charge in [0.1, 0.15) is 12.4 Å². The number of aromatic nitrogens is 1. The average molecular weight is 535 g/mol. The van der Waals surface area contributed by atoms with Gasteiger partial charge in [0.05, 0.1) is 11.2 Å². The summed E-state index contributed by atoms with van der Waals surface area (Å²) in [5.41, 5.74) is 7.03. The van der Waals surface area contributed by atoms with Gasteiger partial charge in [-0.25, -0.2) is 4.39 Å². The lowest BCUT2D eigenvalue weighted by Gasteiger charge is -2.18. The Morgan fingerprint density at radius 2 is 1.60 bits per heavy atom. The van der Waals surface area contributed by atoms with Crippen LogP contribution in [0.25, 0.3) is 22.2 Å². The second-order valence-electron chi connectivity index (χ2n) is 10.6. The van der Waals surface area contributed by atoms with E-state index in [-0.39, 0.29) is 5.82 Å². The van der Waals surface area contributed by atoms with E-state index in [2.05, 4.69) is 48.0 Å². The van der Waals surface area contributed by atoms with Gasteiger partial charge in [-0.3, -0.25) is 0 Å². The van der Waals surface area contributed by atoms with Crippen LogP contribution in [0.5, 0.6) is 5.75 Å². The number of hydrogen-bond donors (Lipinski definition) is 1. The molecule has 4 heteroatoms. The minimum Gasteiger partial charge on any atom is -0.489 e. The van der Waals surface area contributed by atoms with Gasteiger partial charge in [-0.1, -0.05) is 99.1 Å². The van der Waals surface area contributed by atoms with Crippen molar-refractivity contribution in [3.63, 3.8) is 0 Å². The maximum Gasteiger partial charge on any atom is 0.156 e. The Hall–Kier alpha value is -3.89. The van der Waals surface area contributed by atoms with Gasteiger partial charge < -0.3 is 14.6 Å². The summed E-state index contributed by atoms with van der Waals surface area (Å²) in [5.74, 6) is 0.955. The van der Waals surface area contributed by atoms with Gasteiger partial charge in [-0.05, 0) is 66.3 Å². The third kappa shape index (κ3) is 6.13. The number of likely N-dealkylation sites (N-methyl/N-ethyl adjacent to an activating group) is 1. The number of benzene rings is 4. The standard InChI is InChI=1S/C36H39FN2O/c1-4-11-30(23-38-5-2)29-18-16-27(17-19-29)24-39-34-21-20-31(40-25-28-13-7-6-8-14-28)22-33(34)35(37)36(39)32-15-10-9-12-26(32)3/h6-10,12-22,30,38H,4-5,11,23-25H2,1-3H3. The van der Waals surface area contributed by atoms with Crippen molar-refractivity contribution in [3.05, 3.63) is 125 Å². The summed E-state index contributed by atoms with van der Waals surface area (Å²) in [6.45, 7) is 9.42. The largest absolute Gasteiger partial charge is 0.489 e. The molecule has 3 nitrogen and oxygen atoms in total. The molecule has 1 aromatic heterocycles. The minimum atomic E-state index is -0.209. The fraction of sp³-hybridized carbons (Fsp3) is 0.278. The zero-order valence-corrected chi connectivity index (χ0v) is 23.8. The van der Waals surface area contributed by atoms with Crippen LogP contribution in [-0.2, 0) is 13.2 Å². The second kappa shape index (κ2) is 13.0. The maximum atomic E-state index is 16.3. The molecule has 0 aliphatic heterocycles. The molecule has 0 spiro atoms.